The van der Waals surface area contributed by atoms with Gasteiger partial charge < -0.3 is 10.6 Å². The Morgan fingerprint density at radius 1 is 1.04 bits per heavy atom. The molecule has 23 heavy (non-hydrogen) atoms. The van der Waals surface area contributed by atoms with Gasteiger partial charge in [-0.3, -0.25) is 9.59 Å². The van der Waals surface area contributed by atoms with Gasteiger partial charge in [-0.1, -0.05) is 25.0 Å². The summed E-state index contributed by atoms with van der Waals surface area (Å²) in [5.41, 5.74) is 1.40. The molecule has 1 aromatic heterocycles. The van der Waals surface area contributed by atoms with Crippen molar-refractivity contribution in [2.24, 2.45) is 5.92 Å². The van der Waals surface area contributed by atoms with E-state index >= 15 is 0 Å². The van der Waals surface area contributed by atoms with E-state index in [2.05, 4.69) is 10.6 Å². The highest BCUT2D eigenvalue weighted by molar-refractivity contribution is 7.12. The summed E-state index contributed by atoms with van der Waals surface area (Å²) < 4.78 is 0. The van der Waals surface area contributed by atoms with Gasteiger partial charge in [0.15, 0.2) is 0 Å². The van der Waals surface area contributed by atoms with Crippen molar-refractivity contribution >= 4 is 34.5 Å². The van der Waals surface area contributed by atoms with Crippen molar-refractivity contribution in [1.29, 1.82) is 0 Å². The maximum atomic E-state index is 12.1. The molecule has 4 nitrogen and oxygen atoms in total. The summed E-state index contributed by atoms with van der Waals surface area (Å²) in [7, 11) is 0. The number of hydrogen-bond acceptors (Lipinski definition) is 3. The number of anilines is 2. The molecule has 1 aromatic carbocycles. The Labute approximate surface area is 139 Å². The lowest BCUT2D eigenvalue weighted by Crippen LogP contribution is -2.15. The van der Waals surface area contributed by atoms with Crippen LogP contribution >= 0.6 is 11.3 Å². The van der Waals surface area contributed by atoms with Crippen molar-refractivity contribution in [3.63, 3.8) is 0 Å². The van der Waals surface area contributed by atoms with E-state index in [9.17, 15) is 9.59 Å². The summed E-state index contributed by atoms with van der Waals surface area (Å²) in [6, 6.07) is 10.9. The van der Waals surface area contributed by atoms with Crippen LogP contribution in [0.5, 0.6) is 0 Å². The van der Waals surface area contributed by atoms with Crippen LogP contribution in [0.2, 0.25) is 0 Å². The predicted octanol–water partition coefficient (Wildman–Crippen LogP) is 4.52. The van der Waals surface area contributed by atoms with Crippen LogP contribution in [0.25, 0.3) is 0 Å². The number of rotatable bonds is 5. The fourth-order valence-electron chi connectivity index (χ4n) is 2.96. The Kier molecular flexibility index (Phi) is 5.08. The quantitative estimate of drug-likeness (QED) is 0.848. The fraction of sp³-hybridized carbons (Fsp3) is 0.333. The van der Waals surface area contributed by atoms with Gasteiger partial charge in [-0.25, -0.2) is 0 Å². The first-order valence-electron chi connectivity index (χ1n) is 7.95. The Morgan fingerprint density at radius 2 is 1.78 bits per heavy atom. The zero-order valence-electron chi connectivity index (χ0n) is 12.9. The highest BCUT2D eigenvalue weighted by atomic mass is 32.1. The van der Waals surface area contributed by atoms with Gasteiger partial charge in [0.25, 0.3) is 5.91 Å². The van der Waals surface area contributed by atoms with Crippen LogP contribution in [0.4, 0.5) is 11.4 Å². The van der Waals surface area contributed by atoms with E-state index in [1.165, 1.54) is 24.2 Å². The average molecular weight is 328 g/mol. The normalized spacial score (nSPS) is 14.6. The standard InChI is InChI=1S/C18H20N2O2S/c21-17(11-13-5-1-2-6-13)19-14-7-3-8-15(12-14)20-18(22)16-9-4-10-23-16/h3-4,7-10,12-13H,1-2,5-6,11H2,(H,19,21)(H,20,22). The molecule has 0 bridgehead atoms. The van der Waals surface area contributed by atoms with Crippen LogP contribution in [-0.2, 0) is 4.79 Å². The molecule has 0 radical (unpaired) electrons. The molecule has 0 saturated heterocycles. The number of carbonyl (C=O) groups is 2. The van der Waals surface area contributed by atoms with Crippen molar-refractivity contribution < 1.29 is 9.59 Å². The van der Waals surface area contributed by atoms with E-state index in [4.69, 9.17) is 0 Å². The molecular weight excluding hydrogens is 308 g/mol. The number of nitrogens with one attached hydrogen (secondary N) is 2. The molecule has 2 aromatic rings. The summed E-state index contributed by atoms with van der Waals surface area (Å²) >= 11 is 1.40. The smallest absolute Gasteiger partial charge is 0.265 e. The van der Waals surface area contributed by atoms with Crippen molar-refractivity contribution in [2.45, 2.75) is 32.1 Å². The monoisotopic (exact) mass is 328 g/mol. The number of benzene rings is 1. The fourth-order valence-corrected chi connectivity index (χ4v) is 3.58. The minimum absolute atomic E-state index is 0.0543. The molecule has 120 valence electrons. The molecule has 1 aliphatic carbocycles. The lowest BCUT2D eigenvalue weighted by atomic mass is 10.0. The summed E-state index contributed by atoms with van der Waals surface area (Å²) in [4.78, 5) is 24.8. The van der Waals surface area contributed by atoms with E-state index in [-0.39, 0.29) is 11.8 Å². The highest BCUT2D eigenvalue weighted by Gasteiger charge is 2.18. The van der Waals surface area contributed by atoms with E-state index in [1.807, 2.05) is 29.6 Å². The second-order valence-corrected chi connectivity index (χ2v) is 6.86. The lowest BCUT2D eigenvalue weighted by Gasteiger charge is -2.11. The van der Waals surface area contributed by atoms with Gasteiger partial charge >= 0.3 is 0 Å². The maximum absolute atomic E-state index is 12.1. The number of carbonyl (C=O) groups excluding carboxylic acids is 2. The molecule has 2 N–H and O–H groups in total. The van der Waals surface area contributed by atoms with Crippen molar-refractivity contribution in [3.05, 3.63) is 46.7 Å². The average Bonchev–Trinajstić information content (AvgIpc) is 3.20. The Balaban J connectivity index is 1.58. The van der Waals surface area contributed by atoms with Crippen molar-refractivity contribution in [3.8, 4) is 0 Å². The van der Waals surface area contributed by atoms with Crippen molar-refractivity contribution in [1.82, 2.24) is 0 Å². The molecule has 2 amide bonds. The van der Waals surface area contributed by atoms with E-state index < -0.39 is 0 Å². The topological polar surface area (TPSA) is 58.2 Å². The van der Waals surface area contributed by atoms with Crippen molar-refractivity contribution in [2.75, 3.05) is 10.6 Å². The predicted molar refractivity (Wildman–Crippen MR) is 93.9 cm³/mol. The number of hydrogen-bond donors (Lipinski definition) is 2. The molecule has 3 rings (SSSR count). The van der Waals surface area contributed by atoms with E-state index in [1.54, 1.807) is 12.1 Å². The van der Waals surface area contributed by atoms with Gasteiger partial charge in [0.2, 0.25) is 5.91 Å². The molecular formula is C18H20N2O2S. The maximum Gasteiger partial charge on any atom is 0.265 e. The van der Waals surface area contributed by atoms with E-state index in [0.29, 0.717) is 22.9 Å². The summed E-state index contributed by atoms with van der Waals surface area (Å²) in [5, 5.41) is 7.65. The van der Waals surface area contributed by atoms with Crippen LogP contribution in [0, 0.1) is 5.92 Å². The first-order valence-corrected chi connectivity index (χ1v) is 8.83. The van der Waals surface area contributed by atoms with Gasteiger partial charge in [0.1, 0.15) is 0 Å². The second-order valence-electron chi connectivity index (χ2n) is 5.92. The largest absolute Gasteiger partial charge is 0.326 e. The van der Waals surface area contributed by atoms with Gasteiger partial charge in [-0.2, -0.15) is 0 Å². The SMILES string of the molecule is O=C(CC1CCCC1)Nc1cccc(NC(=O)c2cccs2)c1. The first-order chi connectivity index (χ1) is 11.2. The minimum Gasteiger partial charge on any atom is -0.326 e. The first kappa shape index (κ1) is 15.7. The van der Waals surface area contributed by atoms with Gasteiger partial charge in [-0.15, -0.1) is 11.3 Å². The van der Waals surface area contributed by atoms with Crippen LogP contribution in [0.15, 0.2) is 41.8 Å². The van der Waals surface area contributed by atoms with Crippen LogP contribution in [0.1, 0.15) is 41.8 Å². The zero-order chi connectivity index (χ0) is 16.1. The summed E-state index contributed by atoms with van der Waals surface area (Å²) in [5.74, 6) is 0.449. The molecule has 1 heterocycles. The number of thiophene rings is 1. The third-order valence-corrected chi connectivity index (χ3v) is 4.97. The van der Waals surface area contributed by atoms with E-state index in [0.717, 1.165) is 18.5 Å². The molecule has 0 atom stereocenters. The second kappa shape index (κ2) is 7.42. The molecule has 0 unspecified atom stereocenters. The lowest BCUT2D eigenvalue weighted by molar-refractivity contribution is -0.117. The van der Waals surface area contributed by atoms with Crippen LogP contribution in [0.3, 0.4) is 0 Å². The molecule has 5 heteroatoms. The third-order valence-electron chi connectivity index (χ3n) is 4.10. The Bertz CT molecular complexity index is 676. The van der Waals surface area contributed by atoms with Gasteiger partial charge in [-0.05, 0) is 48.4 Å². The summed E-state index contributed by atoms with van der Waals surface area (Å²) in [6.45, 7) is 0. The van der Waals surface area contributed by atoms with Crippen LogP contribution in [-0.4, -0.2) is 11.8 Å². The molecule has 0 spiro atoms. The van der Waals surface area contributed by atoms with Gasteiger partial charge in [0, 0.05) is 17.8 Å². The molecule has 0 aliphatic heterocycles. The third kappa shape index (κ3) is 4.42. The Morgan fingerprint density at radius 3 is 2.48 bits per heavy atom. The minimum atomic E-state index is -0.130. The van der Waals surface area contributed by atoms with Gasteiger partial charge in [0.05, 0.1) is 4.88 Å². The summed E-state index contributed by atoms with van der Waals surface area (Å²) in [6.07, 6.45) is 5.38. The Hall–Kier alpha value is -2.14. The zero-order valence-corrected chi connectivity index (χ0v) is 13.7. The number of amides is 2. The molecule has 1 fully saturated rings. The molecule has 1 saturated carbocycles. The molecule has 1 aliphatic rings. The highest BCUT2D eigenvalue weighted by Crippen LogP contribution is 2.28. The van der Waals surface area contributed by atoms with Crippen LogP contribution < -0.4 is 10.6 Å².